The fourth-order valence-electron chi connectivity index (χ4n) is 2.07. The lowest BCUT2D eigenvalue weighted by Crippen LogP contribution is -2.17. The minimum atomic E-state index is 0.882. The van der Waals surface area contributed by atoms with Gasteiger partial charge in [0.05, 0.1) is 5.69 Å². The van der Waals surface area contributed by atoms with Gasteiger partial charge in [-0.1, -0.05) is 46.3 Å². The van der Waals surface area contributed by atoms with Gasteiger partial charge in [0.25, 0.3) is 0 Å². The first-order valence-corrected chi connectivity index (χ1v) is 8.13. The number of rotatable bonds is 4. The predicted molar refractivity (Wildman–Crippen MR) is 90.1 cm³/mol. The highest BCUT2D eigenvalue weighted by Gasteiger charge is 2.08. The number of hydrogen-bond donors (Lipinski definition) is 0. The van der Waals surface area contributed by atoms with Crippen LogP contribution in [0.15, 0.2) is 46.9 Å². The minimum absolute atomic E-state index is 0.882. The van der Waals surface area contributed by atoms with Crippen molar-refractivity contribution >= 4 is 37.5 Å². The fraction of sp³-hybridized carbons (Fsp3) is 0.250. The van der Waals surface area contributed by atoms with Crippen LogP contribution in [0.1, 0.15) is 16.7 Å². The highest BCUT2D eigenvalue weighted by Crippen LogP contribution is 2.28. The summed E-state index contributed by atoms with van der Waals surface area (Å²) in [5.41, 5.74) is 5.19. The molecule has 0 aliphatic heterocycles. The van der Waals surface area contributed by atoms with Crippen LogP contribution in [0.5, 0.6) is 0 Å². The van der Waals surface area contributed by atoms with Gasteiger partial charge in [0, 0.05) is 23.4 Å². The van der Waals surface area contributed by atoms with Crippen molar-refractivity contribution in [1.29, 1.82) is 0 Å². The Labute approximate surface area is 131 Å². The number of halogens is 2. The SMILES string of the molecule is Cc1ccccc1CN(C)c1ccc(CBr)cc1Br. The van der Waals surface area contributed by atoms with Crippen LogP contribution in [-0.2, 0) is 11.9 Å². The molecule has 19 heavy (non-hydrogen) atoms. The smallest absolute Gasteiger partial charge is 0.0511 e. The standard InChI is InChI=1S/C16H17Br2N/c1-12-5-3-4-6-14(12)11-19(2)16-8-7-13(10-17)9-15(16)18/h3-9H,10-11H2,1-2H3. The first-order valence-electron chi connectivity index (χ1n) is 6.22. The topological polar surface area (TPSA) is 3.24 Å². The molecule has 3 heteroatoms. The van der Waals surface area contributed by atoms with Gasteiger partial charge >= 0.3 is 0 Å². The summed E-state index contributed by atoms with van der Waals surface area (Å²) in [7, 11) is 2.13. The molecule has 2 rings (SSSR count). The Bertz CT molecular complexity index is 566. The lowest BCUT2D eigenvalue weighted by molar-refractivity contribution is 0.911. The molecule has 0 atom stereocenters. The van der Waals surface area contributed by atoms with Crippen LogP contribution >= 0.6 is 31.9 Å². The Hall–Kier alpha value is -0.800. The summed E-state index contributed by atoms with van der Waals surface area (Å²) in [5, 5.41) is 0.882. The molecule has 0 N–H and O–H groups in total. The quantitative estimate of drug-likeness (QED) is 0.649. The number of hydrogen-bond acceptors (Lipinski definition) is 1. The molecule has 0 unspecified atom stereocenters. The third kappa shape index (κ3) is 3.61. The summed E-state index contributed by atoms with van der Waals surface area (Å²) in [5.74, 6) is 0. The monoisotopic (exact) mass is 381 g/mol. The molecule has 2 aromatic rings. The number of aryl methyl sites for hydroxylation is 1. The van der Waals surface area contributed by atoms with Crippen molar-refractivity contribution in [2.24, 2.45) is 0 Å². The van der Waals surface area contributed by atoms with E-state index in [0.717, 1.165) is 16.3 Å². The molecular weight excluding hydrogens is 366 g/mol. The van der Waals surface area contributed by atoms with Crippen LogP contribution in [0, 0.1) is 6.92 Å². The highest BCUT2D eigenvalue weighted by molar-refractivity contribution is 9.10. The van der Waals surface area contributed by atoms with E-state index in [1.165, 1.54) is 22.4 Å². The molecule has 0 bridgehead atoms. The van der Waals surface area contributed by atoms with Crippen molar-refractivity contribution in [3.63, 3.8) is 0 Å². The third-order valence-corrected chi connectivity index (χ3v) is 4.53. The van der Waals surface area contributed by atoms with Crippen molar-refractivity contribution in [3.05, 3.63) is 63.6 Å². The summed E-state index contributed by atoms with van der Waals surface area (Å²) < 4.78 is 1.14. The van der Waals surface area contributed by atoms with Gasteiger partial charge in [-0.15, -0.1) is 0 Å². The molecule has 0 aliphatic carbocycles. The van der Waals surface area contributed by atoms with E-state index in [2.05, 4.69) is 93.2 Å². The number of benzene rings is 2. The summed E-state index contributed by atoms with van der Waals surface area (Å²) in [6, 6.07) is 15.0. The molecule has 0 amide bonds. The van der Waals surface area contributed by atoms with E-state index in [-0.39, 0.29) is 0 Å². The summed E-state index contributed by atoms with van der Waals surface area (Å²) in [6.45, 7) is 3.07. The van der Waals surface area contributed by atoms with E-state index in [0.29, 0.717) is 0 Å². The maximum Gasteiger partial charge on any atom is 0.0511 e. The van der Waals surface area contributed by atoms with E-state index >= 15 is 0 Å². The molecule has 100 valence electrons. The van der Waals surface area contributed by atoms with E-state index in [1.54, 1.807) is 0 Å². The summed E-state index contributed by atoms with van der Waals surface area (Å²) >= 11 is 7.14. The molecule has 0 aromatic heterocycles. The van der Waals surface area contributed by atoms with Gasteiger partial charge in [0.1, 0.15) is 0 Å². The molecule has 2 aromatic carbocycles. The van der Waals surface area contributed by atoms with Crippen LogP contribution in [-0.4, -0.2) is 7.05 Å². The van der Waals surface area contributed by atoms with Gasteiger partial charge in [0.2, 0.25) is 0 Å². The second-order valence-corrected chi connectivity index (χ2v) is 6.12. The molecule has 0 radical (unpaired) electrons. The summed E-state index contributed by atoms with van der Waals surface area (Å²) in [4.78, 5) is 2.27. The second kappa shape index (κ2) is 6.58. The Morgan fingerprint density at radius 1 is 1.11 bits per heavy atom. The van der Waals surface area contributed by atoms with Crippen LogP contribution in [0.4, 0.5) is 5.69 Å². The van der Waals surface area contributed by atoms with Crippen molar-refractivity contribution in [3.8, 4) is 0 Å². The molecule has 0 fully saturated rings. The second-order valence-electron chi connectivity index (χ2n) is 4.70. The maximum absolute atomic E-state index is 3.66. The van der Waals surface area contributed by atoms with Gasteiger partial charge in [-0.25, -0.2) is 0 Å². The zero-order chi connectivity index (χ0) is 13.8. The van der Waals surface area contributed by atoms with Crippen molar-refractivity contribution in [2.45, 2.75) is 18.8 Å². The lowest BCUT2D eigenvalue weighted by Gasteiger charge is -2.22. The molecule has 1 nitrogen and oxygen atoms in total. The average molecular weight is 383 g/mol. The van der Waals surface area contributed by atoms with Gasteiger partial charge in [0.15, 0.2) is 0 Å². The highest BCUT2D eigenvalue weighted by atomic mass is 79.9. The fourth-order valence-corrected chi connectivity index (χ4v) is 3.15. The van der Waals surface area contributed by atoms with Gasteiger partial charge in [-0.05, 0) is 51.7 Å². The Balaban J connectivity index is 2.21. The first-order chi connectivity index (χ1) is 9.11. The average Bonchev–Trinajstić information content (AvgIpc) is 2.41. The van der Waals surface area contributed by atoms with Crippen molar-refractivity contribution in [1.82, 2.24) is 0 Å². The van der Waals surface area contributed by atoms with Crippen LogP contribution < -0.4 is 4.90 Å². The van der Waals surface area contributed by atoms with E-state index < -0.39 is 0 Å². The van der Waals surface area contributed by atoms with Crippen LogP contribution in [0.3, 0.4) is 0 Å². The Morgan fingerprint density at radius 2 is 1.84 bits per heavy atom. The normalized spacial score (nSPS) is 10.5. The molecule has 0 saturated heterocycles. The Morgan fingerprint density at radius 3 is 2.47 bits per heavy atom. The van der Waals surface area contributed by atoms with Crippen molar-refractivity contribution < 1.29 is 0 Å². The van der Waals surface area contributed by atoms with Gasteiger partial charge in [-0.2, -0.15) is 0 Å². The van der Waals surface area contributed by atoms with Gasteiger partial charge in [-0.3, -0.25) is 0 Å². The van der Waals surface area contributed by atoms with Crippen LogP contribution in [0.25, 0.3) is 0 Å². The van der Waals surface area contributed by atoms with Crippen molar-refractivity contribution in [2.75, 3.05) is 11.9 Å². The number of nitrogens with zero attached hydrogens (tertiary/aromatic N) is 1. The van der Waals surface area contributed by atoms with E-state index in [9.17, 15) is 0 Å². The van der Waals surface area contributed by atoms with E-state index in [1.807, 2.05) is 0 Å². The first kappa shape index (κ1) is 14.6. The molecular formula is C16H17Br2N. The molecule has 0 heterocycles. The largest absolute Gasteiger partial charge is 0.369 e. The third-order valence-electron chi connectivity index (χ3n) is 3.25. The van der Waals surface area contributed by atoms with E-state index in [4.69, 9.17) is 0 Å². The number of anilines is 1. The zero-order valence-electron chi connectivity index (χ0n) is 11.2. The Kier molecular flexibility index (Phi) is 5.06. The molecule has 0 aliphatic rings. The summed E-state index contributed by atoms with van der Waals surface area (Å²) in [6.07, 6.45) is 0. The zero-order valence-corrected chi connectivity index (χ0v) is 14.3. The van der Waals surface area contributed by atoms with Crippen LogP contribution in [0.2, 0.25) is 0 Å². The number of alkyl halides is 1. The maximum atomic E-state index is 3.66. The molecule has 0 saturated carbocycles. The minimum Gasteiger partial charge on any atom is -0.369 e. The molecule has 0 spiro atoms. The van der Waals surface area contributed by atoms with Gasteiger partial charge < -0.3 is 4.90 Å². The lowest BCUT2D eigenvalue weighted by atomic mass is 10.1. The predicted octanol–water partition coefficient (Wildman–Crippen LogP) is 5.29.